The molecule has 106 valence electrons. The summed E-state index contributed by atoms with van der Waals surface area (Å²) in [7, 11) is 0. The summed E-state index contributed by atoms with van der Waals surface area (Å²) in [6, 6.07) is 6.69. The van der Waals surface area contributed by atoms with Crippen LogP contribution < -0.4 is 5.32 Å². The molecule has 2 aromatic heterocycles. The largest absolute Gasteiger partial charge is 0.478 e. The molecule has 2 heterocycles. The lowest BCUT2D eigenvalue weighted by Gasteiger charge is -2.04. The fourth-order valence-electron chi connectivity index (χ4n) is 1.54. The molecular formula is C15H13N3O3. The van der Waals surface area contributed by atoms with Gasteiger partial charge in [-0.1, -0.05) is 6.07 Å². The molecule has 6 heteroatoms. The minimum absolute atomic E-state index is 0.239. The number of pyridine rings is 2. The highest BCUT2D eigenvalue weighted by Crippen LogP contribution is 2.08. The number of amides is 1. The van der Waals surface area contributed by atoms with Crippen LogP contribution in [0.5, 0.6) is 0 Å². The summed E-state index contributed by atoms with van der Waals surface area (Å²) < 4.78 is 0. The first-order valence-electron chi connectivity index (χ1n) is 6.15. The molecule has 0 saturated heterocycles. The molecule has 0 radical (unpaired) electrons. The molecule has 0 bridgehead atoms. The number of aryl methyl sites for hydroxylation is 1. The summed E-state index contributed by atoms with van der Waals surface area (Å²) >= 11 is 0. The Bertz CT molecular complexity index is 676. The van der Waals surface area contributed by atoms with Crippen molar-refractivity contribution in [3.8, 4) is 0 Å². The molecule has 0 aromatic carbocycles. The van der Waals surface area contributed by atoms with E-state index in [9.17, 15) is 9.59 Å². The van der Waals surface area contributed by atoms with Gasteiger partial charge in [0.05, 0.1) is 11.9 Å². The molecule has 0 spiro atoms. The zero-order chi connectivity index (χ0) is 15.2. The quantitative estimate of drug-likeness (QED) is 0.839. The molecule has 1 amide bonds. The Balaban J connectivity index is 2.06. The summed E-state index contributed by atoms with van der Waals surface area (Å²) in [4.78, 5) is 30.4. The number of carbonyl (C=O) groups excluding carboxylic acids is 1. The van der Waals surface area contributed by atoms with Crippen LogP contribution in [0, 0.1) is 6.92 Å². The van der Waals surface area contributed by atoms with Gasteiger partial charge in [0.25, 0.3) is 5.91 Å². The number of carboxylic acids is 1. The van der Waals surface area contributed by atoms with Gasteiger partial charge in [0.15, 0.2) is 0 Å². The second kappa shape index (κ2) is 6.42. The van der Waals surface area contributed by atoms with Crippen molar-refractivity contribution in [2.75, 3.05) is 5.32 Å². The molecule has 0 aliphatic heterocycles. The van der Waals surface area contributed by atoms with E-state index in [1.165, 1.54) is 18.3 Å². The van der Waals surface area contributed by atoms with E-state index in [0.29, 0.717) is 11.3 Å². The molecule has 6 nitrogen and oxygen atoms in total. The Labute approximate surface area is 121 Å². The summed E-state index contributed by atoms with van der Waals surface area (Å²) in [6.45, 7) is 1.86. The molecule has 0 aliphatic rings. The number of nitrogens with one attached hydrogen (secondary N) is 1. The van der Waals surface area contributed by atoms with Crippen molar-refractivity contribution in [3.63, 3.8) is 0 Å². The summed E-state index contributed by atoms with van der Waals surface area (Å²) in [5.74, 6) is -1.39. The lowest BCUT2D eigenvalue weighted by Crippen LogP contribution is -2.13. The van der Waals surface area contributed by atoms with Gasteiger partial charge in [0.1, 0.15) is 5.69 Å². The van der Waals surface area contributed by atoms with Gasteiger partial charge < -0.3 is 10.4 Å². The highest BCUT2D eigenvalue weighted by molar-refractivity contribution is 6.02. The normalized spacial score (nSPS) is 10.5. The van der Waals surface area contributed by atoms with E-state index in [-0.39, 0.29) is 11.6 Å². The highest BCUT2D eigenvalue weighted by atomic mass is 16.4. The molecule has 0 aliphatic carbocycles. The zero-order valence-electron chi connectivity index (χ0n) is 11.3. The van der Waals surface area contributed by atoms with E-state index in [0.717, 1.165) is 11.8 Å². The van der Waals surface area contributed by atoms with Gasteiger partial charge in [0.2, 0.25) is 0 Å². The highest BCUT2D eigenvalue weighted by Gasteiger charge is 2.07. The van der Waals surface area contributed by atoms with Crippen LogP contribution in [-0.2, 0) is 4.79 Å². The Hall–Kier alpha value is -3.02. The van der Waals surface area contributed by atoms with Crippen LogP contribution >= 0.6 is 0 Å². The summed E-state index contributed by atoms with van der Waals surface area (Å²) in [5, 5.41) is 11.2. The first-order valence-corrected chi connectivity index (χ1v) is 6.15. The summed E-state index contributed by atoms with van der Waals surface area (Å²) in [6.07, 6.45) is 5.41. The van der Waals surface area contributed by atoms with E-state index in [1.807, 2.05) is 6.92 Å². The SMILES string of the molecule is Cc1ccc(NC(=O)c2ccc(/C=C/C(=O)O)cn2)cn1. The lowest BCUT2D eigenvalue weighted by atomic mass is 10.2. The van der Waals surface area contributed by atoms with Crippen molar-refractivity contribution in [3.05, 3.63) is 59.7 Å². The first-order chi connectivity index (χ1) is 10.0. The topological polar surface area (TPSA) is 92.2 Å². The van der Waals surface area contributed by atoms with Crippen LogP contribution in [0.4, 0.5) is 5.69 Å². The standard InChI is InChI=1S/C15H13N3O3/c1-10-2-5-12(9-16-10)18-15(21)13-6-3-11(8-17-13)4-7-14(19)20/h2-9H,1H3,(H,18,21)(H,19,20)/b7-4+. The maximum atomic E-state index is 12.0. The maximum absolute atomic E-state index is 12.0. The number of carbonyl (C=O) groups is 2. The van der Waals surface area contributed by atoms with Gasteiger partial charge in [-0.25, -0.2) is 4.79 Å². The van der Waals surface area contributed by atoms with Gasteiger partial charge >= 0.3 is 5.97 Å². The molecule has 2 rings (SSSR count). The average Bonchev–Trinajstić information content (AvgIpc) is 2.48. The van der Waals surface area contributed by atoms with Crippen LogP contribution in [0.1, 0.15) is 21.7 Å². The van der Waals surface area contributed by atoms with E-state index in [2.05, 4.69) is 15.3 Å². The molecule has 0 saturated carbocycles. The van der Waals surface area contributed by atoms with Crippen molar-refractivity contribution in [2.45, 2.75) is 6.92 Å². The lowest BCUT2D eigenvalue weighted by molar-refractivity contribution is -0.131. The van der Waals surface area contributed by atoms with Gasteiger partial charge in [-0.05, 0) is 36.8 Å². The van der Waals surface area contributed by atoms with Crippen LogP contribution in [0.25, 0.3) is 6.08 Å². The Morgan fingerprint density at radius 1 is 1.14 bits per heavy atom. The van der Waals surface area contributed by atoms with Gasteiger partial charge in [-0.15, -0.1) is 0 Å². The molecular weight excluding hydrogens is 270 g/mol. The van der Waals surface area contributed by atoms with E-state index in [1.54, 1.807) is 24.4 Å². The number of rotatable bonds is 4. The van der Waals surface area contributed by atoms with E-state index >= 15 is 0 Å². The number of anilines is 1. The van der Waals surface area contributed by atoms with Gasteiger partial charge in [0, 0.05) is 18.0 Å². The van der Waals surface area contributed by atoms with Crippen LogP contribution in [0.15, 0.2) is 42.7 Å². The predicted molar refractivity (Wildman–Crippen MR) is 77.8 cm³/mol. The van der Waals surface area contributed by atoms with Crippen molar-refractivity contribution < 1.29 is 14.7 Å². The Morgan fingerprint density at radius 3 is 2.52 bits per heavy atom. The van der Waals surface area contributed by atoms with E-state index in [4.69, 9.17) is 5.11 Å². The Morgan fingerprint density at radius 2 is 1.95 bits per heavy atom. The van der Waals surface area contributed by atoms with Crippen LogP contribution in [0.3, 0.4) is 0 Å². The third-order valence-corrected chi connectivity index (χ3v) is 2.61. The third-order valence-electron chi connectivity index (χ3n) is 2.61. The summed E-state index contributed by atoms with van der Waals surface area (Å²) in [5.41, 5.74) is 2.29. The molecule has 0 atom stereocenters. The fraction of sp³-hybridized carbons (Fsp3) is 0.0667. The predicted octanol–water partition coefficient (Wildman–Crippen LogP) is 2.14. The minimum Gasteiger partial charge on any atom is -0.478 e. The zero-order valence-corrected chi connectivity index (χ0v) is 11.3. The minimum atomic E-state index is -1.04. The second-order valence-corrected chi connectivity index (χ2v) is 4.29. The molecule has 0 unspecified atom stereocenters. The third kappa shape index (κ3) is 4.24. The average molecular weight is 283 g/mol. The van der Waals surface area contributed by atoms with Crippen molar-refractivity contribution in [2.24, 2.45) is 0 Å². The number of aromatic nitrogens is 2. The molecule has 0 fully saturated rings. The van der Waals surface area contributed by atoms with Gasteiger partial charge in [-0.2, -0.15) is 0 Å². The number of aliphatic carboxylic acids is 1. The van der Waals surface area contributed by atoms with Crippen molar-refractivity contribution in [1.29, 1.82) is 0 Å². The molecule has 2 N–H and O–H groups in total. The van der Waals surface area contributed by atoms with Crippen LogP contribution in [-0.4, -0.2) is 27.0 Å². The van der Waals surface area contributed by atoms with Crippen molar-refractivity contribution >= 4 is 23.6 Å². The fourth-order valence-corrected chi connectivity index (χ4v) is 1.54. The number of carboxylic acid groups (broad SMARTS) is 1. The maximum Gasteiger partial charge on any atom is 0.328 e. The second-order valence-electron chi connectivity index (χ2n) is 4.29. The monoisotopic (exact) mass is 283 g/mol. The smallest absolute Gasteiger partial charge is 0.328 e. The van der Waals surface area contributed by atoms with Gasteiger partial charge in [-0.3, -0.25) is 14.8 Å². The van der Waals surface area contributed by atoms with Crippen molar-refractivity contribution in [1.82, 2.24) is 9.97 Å². The number of hydrogen-bond acceptors (Lipinski definition) is 4. The van der Waals surface area contributed by atoms with E-state index < -0.39 is 5.97 Å². The number of hydrogen-bond donors (Lipinski definition) is 2. The Kier molecular flexibility index (Phi) is 4.40. The van der Waals surface area contributed by atoms with Crippen LogP contribution in [0.2, 0.25) is 0 Å². The number of nitrogens with zero attached hydrogens (tertiary/aromatic N) is 2. The molecule has 2 aromatic rings. The molecule has 21 heavy (non-hydrogen) atoms. The first kappa shape index (κ1) is 14.4.